The Morgan fingerprint density at radius 2 is 2.17 bits per heavy atom. The van der Waals surface area contributed by atoms with Crippen LogP contribution in [0.15, 0.2) is 18.2 Å². The maximum Gasteiger partial charge on any atom is 0.413 e. The van der Waals surface area contributed by atoms with Crippen LogP contribution >= 0.6 is 11.3 Å². The summed E-state index contributed by atoms with van der Waals surface area (Å²) in [4.78, 5) is 13.7. The van der Waals surface area contributed by atoms with Gasteiger partial charge in [0.1, 0.15) is 11.5 Å². The topological polar surface area (TPSA) is 56.8 Å². The number of nitrogens with one attached hydrogen (secondary N) is 1. The summed E-state index contributed by atoms with van der Waals surface area (Å²) in [5.74, 6) is 2.50. The Morgan fingerprint density at radius 1 is 1.37 bits per heavy atom. The van der Waals surface area contributed by atoms with Gasteiger partial charge in [-0.1, -0.05) is 13.8 Å². The number of rotatable bonds is 8. The van der Waals surface area contributed by atoms with E-state index in [1.54, 1.807) is 30.6 Å². The summed E-state index contributed by atoms with van der Waals surface area (Å²) >= 11 is 1.57. The van der Waals surface area contributed by atoms with E-state index < -0.39 is 12.8 Å². The number of amides is 1. The number of thiophene rings is 1. The molecule has 2 aliphatic carbocycles. The number of methoxy groups -OCH3 is 1. The van der Waals surface area contributed by atoms with Crippen LogP contribution in [0.5, 0.6) is 16.6 Å². The van der Waals surface area contributed by atoms with Crippen molar-refractivity contribution in [3.8, 4) is 16.6 Å². The van der Waals surface area contributed by atoms with Crippen LogP contribution < -0.4 is 19.5 Å². The lowest BCUT2D eigenvalue weighted by Gasteiger charge is -2.13. The minimum atomic E-state index is -0.468. The number of benzene rings is 1. The van der Waals surface area contributed by atoms with E-state index in [-0.39, 0.29) is 6.54 Å². The molecule has 1 fully saturated rings. The first kappa shape index (κ1) is 21.0. The van der Waals surface area contributed by atoms with Gasteiger partial charge in [0.05, 0.1) is 20.4 Å². The van der Waals surface area contributed by atoms with Crippen molar-refractivity contribution in [1.29, 1.82) is 0 Å². The third-order valence-electron chi connectivity index (χ3n) is 6.40. The number of hydrogen-bond acceptors (Lipinski definition) is 5. The minimum absolute atomic E-state index is 0.275. The number of fused-ring (bicyclic) bond motifs is 3. The predicted molar refractivity (Wildman–Crippen MR) is 115 cm³/mol. The summed E-state index contributed by atoms with van der Waals surface area (Å²) in [5, 5.41) is 3.54. The number of halogens is 1. The van der Waals surface area contributed by atoms with Crippen molar-refractivity contribution < 1.29 is 23.4 Å². The molecule has 0 unspecified atom stereocenters. The van der Waals surface area contributed by atoms with Gasteiger partial charge in [-0.15, -0.1) is 11.3 Å². The van der Waals surface area contributed by atoms with Crippen molar-refractivity contribution >= 4 is 17.4 Å². The third kappa shape index (κ3) is 3.75. The second-order valence-electron chi connectivity index (χ2n) is 8.56. The molecule has 1 amide bonds. The molecule has 7 heteroatoms. The Balaban J connectivity index is 1.36. The SMILES string of the molecule is COc1cc(OCCCF)ccc1CNC(=O)Oc1sc(C)c2c1C[C@@H]1[C@H]2C1(C)C. The van der Waals surface area contributed by atoms with Gasteiger partial charge < -0.3 is 19.5 Å². The Morgan fingerprint density at radius 3 is 2.90 bits per heavy atom. The van der Waals surface area contributed by atoms with Gasteiger partial charge in [0.15, 0.2) is 5.06 Å². The maximum atomic E-state index is 12.4. The minimum Gasteiger partial charge on any atom is -0.496 e. The molecule has 1 saturated carbocycles. The van der Waals surface area contributed by atoms with Crippen molar-refractivity contribution in [2.45, 2.75) is 46.1 Å². The maximum absolute atomic E-state index is 12.4. The molecule has 2 aliphatic rings. The fourth-order valence-corrected chi connectivity index (χ4v) is 5.74. The van der Waals surface area contributed by atoms with Gasteiger partial charge in [-0.05, 0) is 48.3 Å². The first-order valence-electron chi connectivity index (χ1n) is 10.3. The van der Waals surface area contributed by atoms with E-state index in [1.165, 1.54) is 16.0 Å². The van der Waals surface area contributed by atoms with E-state index in [0.717, 1.165) is 17.0 Å². The quantitative estimate of drug-likeness (QED) is 0.567. The van der Waals surface area contributed by atoms with Crippen molar-refractivity contribution in [2.24, 2.45) is 11.3 Å². The molecule has 1 aromatic heterocycles. The molecule has 0 saturated heterocycles. The zero-order chi connectivity index (χ0) is 21.5. The highest BCUT2D eigenvalue weighted by Crippen LogP contribution is 2.72. The average molecular weight is 434 g/mol. The van der Waals surface area contributed by atoms with E-state index >= 15 is 0 Å². The summed E-state index contributed by atoms with van der Waals surface area (Å²) < 4.78 is 28.8. The lowest BCUT2D eigenvalue weighted by molar-refractivity contribution is 0.201. The highest BCUT2D eigenvalue weighted by molar-refractivity contribution is 7.14. The lowest BCUT2D eigenvalue weighted by Crippen LogP contribution is -2.26. The molecule has 30 heavy (non-hydrogen) atoms. The number of alkyl halides is 1. The Kier molecular flexibility index (Phi) is 5.66. The van der Waals surface area contributed by atoms with Gasteiger partial charge in [-0.2, -0.15) is 0 Å². The van der Waals surface area contributed by atoms with E-state index in [1.807, 2.05) is 6.07 Å². The molecule has 1 aromatic carbocycles. The molecule has 0 spiro atoms. The standard InChI is InChI=1S/C23H28FNO4S/c1-13-19-16(11-17-20(19)23(17,2)3)21(30-13)29-22(26)25-12-14-6-7-15(10-18(14)27-4)28-9-5-8-24/h6-7,10,17,20H,5,8-9,11-12H2,1-4H3,(H,25,26)/t17-,20-/m1/s1. The van der Waals surface area contributed by atoms with Crippen molar-refractivity contribution in [3.05, 3.63) is 39.8 Å². The molecule has 162 valence electrons. The first-order chi connectivity index (χ1) is 14.4. The first-order valence-corrected chi connectivity index (χ1v) is 11.1. The zero-order valence-corrected chi connectivity index (χ0v) is 18.7. The van der Waals surface area contributed by atoms with Gasteiger partial charge in [0.2, 0.25) is 0 Å². The Labute approximate surface area is 180 Å². The number of carbonyl (C=O) groups excluding carboxylic acids is 1. The molecule has 1 N–H and O–H groups in total. The second-order valence-corrected chi connectivity index (χ2v) is 9.74. The summed E-state index contributed by atoms with van der Waals surface area (Å²) in [6.07, 6.45) is 0.879. The van der Waals surface area contributed by atoms with Gasteiger partial charge >= 0.3 is 6.09 Å². The van der Waals surface area contributed by atoms with Crippen LogP contribution in [0.2, 0.25) is 0 Å². The third-order valence-corrected chi connectivity index (χ3v) is 7.44. The zero-order valence-electron chi connectivity index (χ0n) is 17.8. The van der Waals surface area contributed by atoms with Crippen molar-refractivity contribution in [3.63, 3.8) is 0 Å². The van der Waals surface area contributed by atoms with Crippen molar-refractivity contribution in [2.75, 3.05) is 20.4 Å². The van der Waals surface area contributed by atoms with Gasteiger partial charge in [0, 0.05) is 35.0 Å². The molecule has 5 nitrogen and oxygen atoms in total. The number of ether oxygens (including phenoxy) is 3. The summed E-state index contributed by atoms with van der Waals surface area (Å²) in [5.41, 5.74) is 3.80. The van der Waals surface area contributed by atoms with Crippen LogP contribution in [0.1, 0.15) is 47.8 Å². The van der Waals surface area contributed by atoms with E-state index in [9.17, 15) is 9.18 Å². The summed E-state index contributed by atoms with van der Waals surface area (Å²) in [6.45, 7) is 6.94. The highest BCUT2D eigenvalue weighted by Gasteiger charge is 2.63. The van der Waals surface area contributed by atoms with Crippen LogP contribution in [0.3, 0.4) is 0 Å². The number of aryl methyl sites for hydroxylation is 1. The molecule has 1 heterocycles. The second kappa shape index (κ2) is 8.10. The summed E-state index contributed by atoms with van der Waals surface area (Å²) in [6, 6.07) is 5.35. The summed E-state index contributed by atoms with van der Waals surface area (Å²) in [7, 11) is 1.56. The van der Waals surface area contributed by atoms with Crippen LogP contribution in [-0.4, -0.2) is 26.5 Å². The van der Waals surface area contributed by atoms with E-state index in [0.29, 0.717) is 41.8 Å². The lowest BCUT2D eigenvalue weighted by atomic mass is 9.96. The fraction of sp³-hybridized carbons (Fsp3) is 0.522. The van der Waals surface area contributed by atoms with E-state index in [2.05, 4.69) is 26.1 Å². The Bertz CT molecular complexity index is 955. The van der Waals surface area contributed by atoms with Crippen molar-refractivity contribution in [1.82, 2.24) is 5.32 Å². The number of hydrogen-bond donors (Lipinski definition) is 1. The predicted octanol–water partition coefficient (Wildman–Crippen LogP) is 5.39. The smallest absolute Gasteiger partial charge is 0.413 e. The molecular formula is C23H28FNO4S. The molecule has 2 atom stereocenters. The Hall–Kier alpha value is -2.28. The molecule has 4 rings (SSSR count). The van der Waals surface area contributed by atoms with Gasteiger partial charge in [0.25, 0.3) is 0 Å². The van der Waals surface area contributed by atoms with Gasteiger partial charge in [-0.3, -0.25) is 4.39 Å². The molecule has 0 bridgehead atoms. The van der Waals surface area contributed by atoms with Crippen LogP contribution in [0, 0.1) is 18.3 Å². The van der Waals surface area contributed by atoms with Crippen LogP contribution in [0.4, 0.5) is 9.18 Å². The fourth-order valence-electron chi connectivity index (χ4n) is 4.67. The normalized spacial score (nSPS) is 20.3. The molecule has 2 aromatic rings. The molecule has 0 aliphatic heterocycles. The van der Waals surface area contributed by atoms with Crippen LogP contribution in [-0.2, 0) is 13.0 Å². The molecule has 0 radical (unpaired) electrons. The van der Waals surface area contributed by atoms with E-state index in [4.69, 9.17) is 14.2 Å². The number of carbonyl (C=O) groups is 1. The monoisotopic (exact) mass is 433 g/mol. The molecular weight excluding hydrogens is 405 g/mol. The largest absolute Gasteiger partial charge is 0.496 e. The van der Waals surface area contributed by atoms with Gasteiger partial charge in [-0.25, -0.2) is 4.79 Å². The van der Waals surface area contributed by atoms with Crippen LogP contribution in [0.25, 0.3) is 0 Å². The average Bonchev–Trinajstić information content (AvgIpc) is 3.03. The highest BCUT2D eigenvalue weighted by atomic mass is 32.1.